The van der Waals surface area contributed by atoms with Gasteiger partial charge in [-0.3, -0.25) is 4.79 Å². The lowest BCUT2D eigenvalue weighted by molar-refractivity contribution is -0.401. The van der Waals surface area contributed by atoms with Gasteiger partial charge in [-0.2, -0.15) is 14.8 Å². The molecular formula is C30H33N4O2+. The molecule has 0 amide bonds. The van der Waals surface area contributed by atoms with Gasteiger partial charge in [0.05, 0.1) is 16.8 Å². The number of carbonyl (C=O) groups excluding carboxylic acids is 1. The molecule has 36 heavy (non-hydrogen) atoms. The summed E-state index contributed by atoms with van der Waals surface area (Å²) in [6.07, 6.45) is 4.25. The summed E-state index contributed by atoms with van der Waals surface area (Å²) in [6.45, 7) is 11.1. The Morgan fingerprint density at radius 3 is 2.08 bits per heavy atom. The van der Waals surface area contributed by atoms with E-state index >= 15 is 0 Å². The van der Waals surface area contributed by atoms with Crippen LogP contribution >= 0.6 is 0 Å². The van der Waals surface area contributed by atoms with Crippen LogP contribution in [0.15, 0.2) is 83.0 Å². The first kappa shape index (κ1) is 25.0. The highest BCUT2D eigenvalue weighted by molar-refractivity contribution is 6.05. The van der Waals surface area contributed by atoms with Crippen molar-refractivity contribution < 1.29 is 14.1 Å². The van der Waals surface area contributed by atoms with Crippen LogP contribution in [-0.4, -0.2) is 36.9 Å². The fourth-order valence-electron chi connectivity index (χ4n) is 4.71. The standard InChI is InChI=1S/C30H33N4O2/c1-6-34(7-2)25-15-13-24(14-16-25)32-31-23-11-8-22(9-12-23)10-19-29-30(3,4)27-20-26(36-21-35)17-18-28(27)33(29)5/h8-21H,6-7H2,1-5H3/q+1. The topological polar surface area (TPSA) is 57.3 Å². The average molecular weight is 482 g/mol. The van der Waals surface area contributed by atoms with Crippen molar-refractivity contribution in [1.29, 1.82) is 0 Å². The molecule has 6 nitrogen and oxygen atoms in total. The Labute approximate surface area is 213 Å². The van der Waals surface area contributed by atoms with Crippen molar-refractivity contribution in [3.05, 3.63) is 83.9 Å². The van der Waals surface area contributed by atoms with Crippen molar-refractivity contribution in [2.75, 3.05) is 25.0 Å². The highest BCUT2D eigenvalue weighted by Gasteiger charge is 2.43. The lowest BCUT2D eigenvalue weighted by Gasteiger charge is -2.20. The van der Waals surface area contributed by atoms with E-state index in [0.29, 0.717) is 12.2 Å². The third-order valence-electron chi connectivity index (χ3n) is 6.77. The Hall–Kier alpha value is -4.06. The molecule has 3 aromatic rings. The van der Waals surface area contributed by atoms with Gasteiger partial charge in [0.25, 0.3) is 6.47 Å². The third-order valence-corrected chi connectivity index (χ3v) is 6.77. The number of rotatable bonds is 9. The van der Waals surface area contributed by atoms with Crippen molar-refractivity contribution in [1.82, 2.24) is 0 Å². The molecule has 0 spiro atoms. The fraction of sp³-hybridized carbons (Fsp3) is 0.267. The number of hydrogen-bond donors (Lipinski definition) is 0. The molecule has 3 aromatic carbocycles. The van der Waals surface area contributed by atoms with E-state index in [9.17, 15) is 4.79 Å². The van der Waals surface area contributed by atoms with E-state index in [0.717, 1.165) is 47.0 Å². The number of allylic oxidation sites excluding steroid dienone is 1. The Morgan fingerprint density at radius 1 is 0.889 bits per heavy atom. The second-order valence-corrected chi connectivity index (χ2v) is 9.28. The fourth-order valence-corrected chi connectivity index (χ4v) is 4.71. The maximum atomic E-state index is 10.8. The summed E-state index contributed by atoms with van der Waals surface area (Å²) < 4.78 is 7.25. The van der Waals surface area contributed by atoms with Gasteiger partial charge in [0.2, 0.25) is 5.69 Å². The molecule has 1 heterocycles. The van der Waals surface area contributed by atoms with E-state index in [-0.39, 0.29) is 5.41 Å². The normalized spacial score (nSPS) is 14.5. The van der Waals surface area contributed by atoms with Crippen LogP contribution in [0.4, 0.5) is 22.7 Å². The average Bonchev–Trinajstić information content (AvgIpc) is 3.08. The Morgan fingerprint density at radius 2 is 1.50 bits per heavy atom. The van der Waals surface area contributed by atoms with E-state index in [1.807, 2.05) is 54.6 Å². The van der Waals surface area contributed by atoms with E-state index in [1.165, 1.54) is 5.69 Å². The summed E-state index contributed by atoms with van der Waals surface area (Å²) in [7, 11) is 2.06. The number of carbonyl (C=O) groups is 1. The molecule has 0 fully saturated rings. The number of azo groups is 1. The monoisotopic (exact) mass is 481 g/mol. The maximum absolute atomic E-state index is 10.8. The number of nitrogens with zero attached hydrogens (tertiary/aromatic N) is 4. The lowest BCUT2D eigenvalue weighted by Crippen LogP contribution is -2.26. The summed E-state index contributed by atoms with van der Waals surface area (Å²) in [5.74, 6) is 0.556. The second-order valence-electron chi connectivity index (χ2n) is 9.28. The number of hydrogen-bond acceptors (Lipinski definition) is 5. The van der Waals surface area contributed by atoms with Gasteiger partial charge in [0, 0.05) is 36.5 Å². The molecule has 0 aromatic heterocycles. The molecule has 184 valence electrons. The number of anilines is 1. The Bertz CT molecular complexity index is 1320. The third kappa shape index (κ3) is 5.13. The molecule has 0 saturated heterocycles. The SMILES string of the molecule is CCN(CC)c1ccc(/N=N/c2ccc(/C=C/C3=[N+](C)c4ccc(OC=O)cc4C3(C)C)cc2)cc1. The first-order valence-electron chi connectivity index (χ1n) is 12.3. The minimum absolute atomic E-state index is 0.224. The van der Waals surface area contributed by atoms with Gasteiger partial charge in [0.1, 0.15) is 12.8 Å². The van der Waals surface area contributed by atoms with Gasteiger partial charge in [0.15, 0.2) is 5.71 Å². The molecule has 6 heteroatoms. The molecular weight excluding hydrogens is 448 g/mol. The van der Waals surface area contributed by atoms with Gasteiger partial charge in [-0.1, -0.05) is 12.1 Å². The van der Waals surface area contributed by atoms with Gasteiger partial charge in [-0.05, 0) is 87.9 Å². The number of benzene rings is 3. The molecule has 0 unspecified atom stereocenters. The Kier molecular flexibility index (Phi) is 7.44. The van der Waals surface area contributed by atoms with E-state index in [1.54, 1.807) is 0 Å². The lowest BCUT2D eigenvalue weighted by atomic mass is 9.81. The van der Waals surface area contributed by atoms with Gasteiger partial charge in [-0.15, -0.1) is 0 Å². The quantitative estimate of drug-likeness (QED) is 0.184. The molecule has 1 aliphatic heterocycles. The predicted molar refractivity (Wildman–Crippen MR) is 147 cm³/mol. The zero-order valence-electron chi connectivity index (χ0n) is 21.6. The molecule has 0 atom stereocenters. The van der Waals surface area contributed by atoms with Gasteiger partial charge >= 0.3 is 0 Å². The largest absolute Gasteiger partial charge is 0.429 e. The van der Waals surface area contributed by atoms with Crippen molar-refractivity contribution in [2.24, 2.45) is 10.2 Å². The van der Waals surface area contributed by atoms with E-state index < -0.39 is 0 Å². The van der Waals surface area contributed by atoms with Gasteiger partial charge < -0.3 is 9.64 Å². The molecule has 0 bridgehead atoms. The first-order chi connectivity index (χ1) is 17.4. The van der Waals surface area contributed by atoms with Crippen molar-refractivity contribution in [3.63, 3.8) is 0 Å². The predicted octanol–water partition coefficient (Wildman–Crippen LogP) is 7.20. The molecule has 0 radical (unpaired) electrons. The van der Waals surface area contributed by atoms with Crippen molar-refractivity contribution in [3.8, 4) is 5.75 Å². The summed E-state index contributed by atoms with van der Waals surface area (Å²) in [5, 5.41) is 8.78. The maximum Gasteiger partial charge on any atom is 0.298 e. The van der Waals surface area contributed by atoms with Crippen LogP contribution in [0, 0.1) is 0 Å². The molecule has 4 rings (SSSR count). The minimum atomic E-state index is -0.224. The number of ether oxygens (including phenoxy) is 1. The summed E-state index contributed by atoms with van der Waals surface area (Å²) >= 11 is 0. The number of fused-ring (bicyclic) bond motifs is 1. The summed E-state index contributed by atoms with van der Waals surface area (Å²) in [5.41, 5.74) is 7.09. The molecule has 1 aliphatic rings. The minimum Gasteiger partial charge on any atom is -0.429 e. The smallest absolute Gasteiger partial charge is 0.298 e. The second kappa shape index (κ2) is 10.7. The molecule has 0 aliphatic carbocycles. The zero-order chi connectivity index (χ0) is 25.7. The van der Waals surface area contributed by atoms with Crippen LogP contribution in [0.1, 0.15) is 38.8 Å². The molecule has 0 N–H and O–H groups in total. The highest BCUT2D eigenvalue weighted by atomic mass is 16.5. The van der Waals surface area contributed by atoms with Crippen molar-refractivity contribution in [2.45, 2.75) is 33.1 Å². The summed E-state index contributed by atoms with van der Waals surface area (Å²) in [6, 6.07) is 21.9. The van der Waals surface area contributed by atoms with Crippen LogP contribution in [-0.2, 0) is 10.2 Å². The van der Waals surface area contributed by atoms with E-state index in [2.05, 4.69) is 78.7 Å². The highest BCUT2D eigenvalue weighted by Crippen LogP contribution is 2.41. The molecule has 0 saturated carbocycles. The summed E-state index contributed by atoms with van der Waals surface area (Å²) in [4.78, 5) is 13.1. The zero-order valence-corrected chi connectivity index (χ0v) is 21.6. The van der Waals surface area contributed by atoms with Crippen LogP contribution in [0.3, 0.4) is 0 Å². The van der Waals surface area contributed by atoms with E-state index in [4.69, 9.17) is 4.74 Å². The first-order valence-corrected chi connectivity index (χ1v) is 12.3. The van der Waals surface area contributed by atoms with Crippen LogP contribution in [0.2, 0.25) is 0 Å². The Balaban J connectivity index is 1.46. The van der Waals surface area contributed by atoms with Crippen LogP contribution in [0.5, 0.6) is 5.75 Å². The van der Waals surface area contributed by atoms with Crippen molar-refractivity contribution >= 4 is 41.0 Å². The van der Waals surface area contributed by atoms with Gasteiger partial charge in [-0.25, -0.2) is 0 Å². The van der Waals surface area contributed by atoms with Crippen LogP contribution in [0.25, 0.3) is 6.08 Å². The van der Waals surface area contributed by atoms with Crippen LogP contribution < -0.4 is 9.64 Å².